The maximum absolute atomic E-state index is 13.2. The first kappa shape index (κ1) is 14.8. The lowest BCUT2D eigenvalue weighted by molar-refractivity contribution is 0.0984. The molecule has 1 amide bonds. The van der Waals surface area contributed by atoms with Crippen LogP contribution < -0.4 is 10.6 Å². The van der Waals surface area contributed by atoms with E-state index in [0.717, 1.165) is 60.6 Å². The number of carbonyl (C=O) groups excluding carboxylic acids is 1. The first-order chi connectivity index (χ1) is 11.1. The molecule has 3 nitrogen and oxygen atoms in total. The van der Waals surface area contributed by atoms with E-state index in [-0.39, 0.29) is 5.91 Å². The zero-order chi connectivity index (χ0) is 16.0. The molecule has 1 aliphatic carbocycles. The van der Waals surface area contributed by atoms with Crippen LogP contribution in [0.4, 0.5) is 11.4 Å². The number of nitrogens with two attached hydrogens (primary N) is 1. The Hall–Kier alpha value is -1.81. The van der Waals surface area contributed by atoms with E-state index in [4.69, 9.17) is 5.73 Å². The molecule has 1 aromatic heterocycles. The van der Waals surface area contributed by atoms with Gasteiger partial charge in [-0.25, -0.2) is 0 Å². The lowest BCUT2D eigenvalue weighted by Gasteiger charge is -2.30. The molecule has 4 heteroatoms. The summed E-state index contributed by atoms with van der Waals surface area (Å²) < 4.78 is 0. The van der Waals surface area contributed by atoms with Crippen molar-refractivity contribution in [2.75, 3.05) is 17.2 Å². The van der Waals surface area contributed by atoms with Gasteiger partial charge in [0.25, 0.3) is 5.91 Å². The zero-order valence-corrected chi connectivity index (χ0v) is 14.3. The lowest BCUT2D eigenvalue weighted by atomic mass is 9.88. The summed E-state index contributed by atoms with van der Waals surface area (Å²) >= 11 is 1.76. The van der Waals surface area contributed by atoms with Gasteiger partial charge in [0, 0.05) is 28.2 Å². The number of hydrogen-bond donors (Lipinski definition) is 1. The number of nitrogens with zero attached hydrogens (tertiary/aromatic N) is 1. The normalized spacial score (nSPS) is 20.0. The third-order valence-electron chi connectivity index (χ3n) is 5.16. The molecule has 0 fully saturated rings. The largest absolute Gasteiger partial charge is 0.398 e. The number of benzene rings is 1. The summed E-state index contributed by atoms with van der Waals surface area (Å²) in [4.78, 5) is 16.5. The summed E-state index contributed by atoms with van der Waals surface area (Å²) in [6.07, 6.45) is 5.30. The molecule has 0 saturated carbocycles. The SMILES string of the molecule is CC1CCc2c(C(=O)N3CCCc4c(N)cccc43)csc2C1. The number of rotatable bonds is 1. The van der Waals surface area contributed by atoms with E-state index in [1.54, 1.807) is 11.3 Å². The number of carbonyl (C=O) groups is 1. The van der Waals surface area contributed by atoms with Crippen molar-refractivity contribution in [2.24, 2.45) is 5.92 Å². The topological polar surface area (TPSA) is 46.3 Å². The van der Waals surface area contributed by atoms with Crippen molar-refractivity contribution in [3.8, 4) is 0 Å². The van der Waals surface area contributed by atoms with Crippen LogP contribution in [0.5, 0.6) is 0 Å². The van der Waals surface area contributed by atoms with Crippen molar-refractivity contribution in [3.63, 3.8) is 0 Å². The molecule has 2 aliphatic rings. The molecular formula is C19H22N2OS. The number of anilines is 2. The summed E-state index contributed by atoms with van der Waals surface area (Å²) in [6, 6.07) is 5.91. The lowest BCUT2D eigenvalue weighted by Crippen LogP contribution is -2.36. The number of fused-ring (bicyclic) bond motifs is 2. The van der Waals surface area contributed by atoms with Crippen LogP contribution in [0.1, 0.15) is 46.1 Å². The fraction of sp³-hybridized carbons (Fsp3) is 0.421. The average molecular weight is 326 g/mol. The van der Waals surface area contributed by atoms with Crippen molar-refractivity contribution >= 4 is 28.6 Å². The van der Waals surface area contributed by atoms with Crippen molar-refractivity contribution in [2.45, 2.75) is 39.0 Å². The highest BCUT2D eigenvalue weighted by Crippen LogP contribution is 2.36. The van der Waals surface area contributed by atoms with E-state index in [1.807, 2.05) is 23.1 Å². The molecule has 1 atom stereocenters. The van der Waals surface area contributed by atoms with Gasteiger partial charge < -0.3 is 10.6 Å². The van der Waals surface area contributed by atoms with Crippen molar-refractivity contribution in [1.29, 1.82) is 0 Å². The Kier molecular flexibility index (Phi) is 3.64. The van der Waals surface area contributed by atoms with Gasteiger partial charge in [0.05, 0.1) is 5.56 Å². The first-order valence-corrected chi connectivity index (χ1v) is 9.31. The molecule has 1 aliphatic heterocycles. The molecule has 23 heavy (non-hydrogen) atoms. The highest BCUT2D eigenvalue weighted by molar-refractivity contribution is 7.10. The minimum absolute atomic E-state index is 0.156. The van der Waals surface area contributed by atoms with Gasteiger partial charge in [-0.15, -0.1) is 11.3 Å². The first-order valence-electron chi connectivity index (χ1n) is 8.43. The molecular weight excluding hydrogens is 304 g/mol. The highest BCUT2D eigenvalue weighted by Gasteiger charge is 2.29. The van der Waals surface area contributed by atoms with E-state index in [0.29, 0.717) is 0 Å². The van der Waals surface area contributed by atoms with Gasteiger partial charge >= 0.3 is 0 Å². The minimum atomic E-state index is 0.156. The summed E-state index contributed by atoms with van der Waals surface area (Å²) in [6.45, 7) is 3.09. The van der Waals surface area contributed by atoms with Gasteiger partial charge in [-0.1, -0.05) is 13.0 Å². The number of thiophene rings is 1. The van der Waals surface area contributed by atoms with Gasteiger partial charge in [0.1, 0.15) is 0 Å². The third-order valence-corrected chi connectivity index (χ3v) is 6.22. The van der Waals surface area contributed by atoms with Gasteiger partial charge in [0.2, 0.25) is 0 Å². The fourth-order valence-electron chi connectivity index (χ4n) is 3.86. The van der Waals surface area contributed by atoms with E-state index >= 15 is 0 Å². The van der Waals surface area contributed by atoms with Crippen LogP contribution in [0.25, 0.3) is 0 Å². The maximum atomic E-state index is 13.2. The number of amides is 1. The van der Waals surface area contributed by atoms with E-state index in [9.17, 15) is 4.79 Å². The van der Waals surface area contributed by atoms with Crippen LogP contribution in [-0.4, -0.2) is 12.5 Å². The monoisotopic (exact) mass is 326 g/mol. The molecule has 0 radical (unpaired) electrons. The van der Waals surface area contributed by atoms with Crippen LogP contribution in [0.2, 0.25) is 0 Å². The van der Waals surface area contributed by atoms with Gasteiger partial charge in [0.15, 0.2) is 0 Å². The summed E-state index contributed by atoms with van der Waals surface area (Å²) in [5.74, 6) is 0.892. The Morgan fingerprint density at radius 2 is 2.17 bits per heavy atom. The maximum Gasteiger partial charge on any atom is 0.259 e. The Labute approximate surface area is 141 Å². The van der Waals surface area contributed by atoms with Crippen molar-refractivity contribution in [3.05, 3.63) is 45.1 Å². The summed E-state index contributed by atoms with van der Waals surface area (Å²) in [5.41, 5.74) is 11.3. The standard InChI is InChI=1S/C19H22N2OS/c1-12-7-8-13-15(11-23-18(13)10-12)19(22)21-9-3-4-14-16(20)5-2-6-17(14)21/h2,5-6,11-12H,3-4,7-10,20H2,1H3. The number of hydrogen-bond acceptors (Lipinski definition) is 3. The second kappa shape index (κ2) is 5.68. The zero-order valence-electron chi connectivity index (χ0n) is 13.5. The van der Waals surface area contributed by atoms with Crippen molar-refractivity contribution < 1.29 is 4.79 Å². The van der Waals surface area contributed by atoms with E-state index in [2.05, 4.69) is 12.3 Å². The summed E-state index contributed by atoms with van der Waals surface area (Å²) in [5, 5.41) is 2.08. The molecule has 2 N–H and O–H groups in total. The van der Waals surface area contributed by atoms with Gasteiger partial charge in [-0.2, -0.15) is 0 Å². The van der Waals surface area contributed by atoms with E-state index < -0.39 is 0 Å². The molecule has 2 heterocycles. The predicted molar refractivity (Wildman–Crippen MR) is 96.4 cm³/mol. The fourth-order valence-corrected chi connectivity index (χ4v) is 5.10. The minimum Gasteiger partial charge on any atom is -0.398 e. The molecule has 120 valence electrons. The van der Waals surface area contributed by atoms with Gasteiger partial charge in [-0.3, -0.25) is 4.79 Å². The smallest absolute Gasteiger partial charge is 0.259 e. The Bertz CT molecular complexity index is 765. The molecule has 0 bridgehead atoms. The molecule has 1 aromatic carbocycles. The average Bonchev–Trinajstić information content (AvgIpc) is 2.97. The van der Waals surface area contributed by atoms with Crippen LogP contribution in [0.15, 0.2) is 23.6 Å². The quantitative estimate of drug-likeness (QED) is 0.804. The van der Waals surface area contributed by atoms with Crippen LogP contribution in [-0.2, 0) is 19.3 Å². The molecule has 0 spiro atoms. The molecule has 2 aromatic rings. The Morgan fingerprint density at radius 1 is 1.30 bits per heavy atom. The number of nitrogen functional groups attached to an aromatic ring is 1. The van der Waals surface area contributed by atoms with Crippen LogP contribution in [0, 0.1) is 5.92 Å². The second-order valence-electron chi connectivity index (χ2n) is 6.80. The molecule has 4 rings (SSSR count). The predicted octanol–water partition coefficient (Wildman–Crippen LogP) is 4.05. The van der Waals surface area contributed by atoms with Crippen LogP contribution >= 0.6 is 11.3 Å². The second-order valence-corrected chi connectivity index (χ2v) is 7.77. The van der Waals surface area contributed by atoms with Crippen LogP contribution in [0.3, 0.4) is 0 Å². The van der Waals surface area contributed by atoms with Gasteiger partial charge in [-0.05, 0) is 61.3 Å². The molecule has 0 saturated heterocycles. The molecule has 1 unspecified atom stereocenters. The Morgan fingerprint density at radius 3 is 3.04 bits per heavy atom. The third kappa shape index (κ3) is 2.45. The Balaban J connectivity index is 1.71. The summed E-state index contributed by atoms with van der Waals surface area (Å²) in [7, 11) is 0. The van der Waals surface area contributed by atoms with Crippen molar-refractivity contribution in [1.82, 2.24) is 0 Å². The highest BCUT2D eigenvalue weighted by atomic mass is 32.1. The van der Waals surface area contributed by atoms with E-state index in [1.165, 1.54) is 16.9 Å².